The highest BCUT2D eigenvalue weighted by Crippen LogP contribution is 2.23. The van der Waals surface area contributed by atoms with Gasteiger partial charge in [-0.15, -0.1) is 0 Å². The van der Waals surface area contributed by atoms with E-state index in [4.69, 9.17) is 5.26 Å². The van der Waals surface area contributed by atoms with Crippen molar-refractivity contribution in [2.45, 2.75) is 18.9 Å². The molecule has 0 aliphatic carbocycles. The largest absolute Gasteiger partial charge is 0.394 e. The number of hydrogen-bond donors (Lipinski definition) is 1. The van der Waals surface area contributed by atoms with Crippen molar-refractivity contribution in [2.75, 3.05) is 18.1 Å². The fraction of sp³-hybridized carbons (Fsp3) is 0.455. The molecule has 1 unspecified atom stereocenters. The van der Waals surface area contributed by atoms with Crippen molar-refractivity contribution in [2.24, 2.45) is 0 Å². The summed E-state index contributed by atoms with van der Waals surface area (Å²) < 4.78 is 0. The van der Waals surface area contributed by atoms with Gasteiger partial charge in [-0.2, -0.15) is 5.26 Å². The number of aliphatic hydroxyl groups excluding tert-OH is 1. The second-order valence-corrected chi connectivity index (χ2v) is 3.69. The van der Waals surface area contributed by atoms with Gasteiger partial charge >= 0.3 is 0 Å². The summed E-state index contributed by atoms with van der Waals surface area (Å²) in [4.78, 5) is 6.30. The maximum absolute atomic E-state index is 9.19. The Morgan fingerprint density at radius 2 is 2.53 bits per heavy atom. The first kappa shape index (κ1) is 9.94. The zero-order valence-electron chi connectivity index (χ0n) is 8.43. The van der Waals surface area contributed by atoms with Crippen molar-refractivity contribution in [1.29, 1.82) is 5.26 Å². The fourth-order valence-corrected chi connectivity index (χ4v) is 1.97. The van der Waals surface area contributed by atoms with Crippen molar-refractivity contribution >= 4 is 5.82 Å². The normalized spacial score (nSPS) is 20.3. The number of hydrogen-bond acceptors (Lipinski definition) is 4. The minimum atomic E-state index is 0.151. The van der Waals surface area contributed by atoms with Crippen molar-refractivity contribution in [3.63, 3.8) is 0 Å². The van der Waals surface area contributed by atoms with E-state index in [2.05, 4.69) is 16.0 Å². The van der Waals surface area contributed by atoms with E-state index in [0.29, 0.717) is 5.56 Å². The highest BCUT2D eigenvalue weighted by molar-refractivity contribution is 5.46. The second-order valence-electron chi connectivity index (χ2n) is 3.69. The molecule has 1 atom stereocenters. The Hall–Kier alpha value is -1.60. The lowest BCUT2D eigenvalue weighted by atomic mass is 10.2. The molecule has 1 aromatic rings. The van der Waals surface area contributed by atoms with E-state index in [-0.39, 0.29) is 12.6 Å². The first-order valence-corrected chi connectivity index (χ1v) is 5.09. The molecule has 0 aromatic carbocycles. The Labute approximate surface area is 88.8 Å². The van der Waals surface area contributed by atoms with Crippen LogP contribution < -0.4 is 4.90 Å². The number of nitrogens with zero attached hydrogens (tertiary/aromatic N) is 3. The molecule has 0 radical (unpaired) electrons. The van der Waals surface area contributed by atoms with E-state index in [1.165, 1.54) is 0 Å². The Bertz CT molecular complexity index is 386. The number of nitriles is 1. The molecule has 4 heteroatoms. The molecular formula is C11H13N3O. The fourth-order valence-electron chi connectivity index (χ4n) is 1.97. The first-order chi connectivity index (χ1) is 7.35. The quantitative estimate of drug-likeness (QED) is 0.776. The maximum Gasteiger partial charge on any atom is 0.130 e. The summed E-state index contributed by atoms with van der Waals surface area (Å²) in [6.07, 6.45) is 3.71. The van der Waals surface area contributed by atoms with Gasteiger partial charge in [-0.3, -0.25) is 0 Å². The molecule has 1 aromatic heterocycles. The summed E-state index contributed by atoms with van der Waals surface area (Å²) >= 11 is 0. The first-order valence-electron chi connectivity index (χ1n) is 5.09. The van der Waals surface area contributed by atoms with Crippen LogP contribution in [0.15, 0.2) is 18.3 Å². The van der Waals surface area contributed by atoms with Crippen LogP contribution in [0.4, 0.5) is 5.82 Å². The lowest BCUT2D eigenvalue weighted by molar-refractivity contribution is 0.266. The van der Waals surface area contributed by atoms with Gasteiger partial charge in [0.1, 0.15) is 5.82 Å². The molecule has 1 fully saturated rings. The minimum absolute atomic E-state index is 0.151. The van der Waals surface area contributed by atoms with Crippen molar-refractivity contribution in [1.82, 2.24) is 4.98 Å². The Morgan fingerprint density at radius 1 is 1.67 bits per heavy atom. The van der Waals surface area contributed by atoms with Crippen LogP contribution in [-0.4, -0.2) is 29.3 Å². The zero-order valence-corrected chi connectivity index (χ0v) is 8.43. The average Bonchev–Trinajstić information content (AvgIpc) is 2.77. The third-order valence-electron chi connectivity index (χ3n) is 2.76. The molecule has 2 heterocycles. The molecule has 15 heavy (non-hydrogen) atoms. The van der Waals surface area contributed by atoms with Gasteiger partial charge in [-0.1, -0.05) is 0 Å². The van der Waals surface area contributed by atoms with Crippen LogP contribution in [0.2, 0.25) is 0 Å². The van der Waals surface area contributed by atoms with Gasteiger partial charge in [0.2, 0.25) is 0 Å². The van der Waals surface area contributed by atoms with Crippen LogP contribution in [0, 0.1) is 11.3 Å². The summed E-state index contributed by atoms with van der Waals surface area (Å²) in [6, 6.07) is 5.71. The highest BCUT2D eigenvalue weighted by Gasteiger charge is 2.24. The standard InChI is InChI=1S/C11H13N3O/c12-7-9-3-4-13-11(6-9)14-5-1-2-10(14)8-15/h3-4,6,10,15H,1-2,5,8H2. The molecule has 4 nitrogen and oxygen atoms in total. The second kappa shape index (κ2) is 4.28. The summed E-state index contributed by atoms with van der Waals surface area (Å²) in [7, 11) is 0. The average molecular weight is 203 g/mol. The molecule has 0 saturated carbocycles. The molecule has 0 spiro atoms. The monoisotopic (exact) mass is 203 g/mol. The number of pyridine rings is 1. The van der Waals surface area contributed by atoms with Crippen LogP contribution in [-0.2, 0) is 0 Å². The molecule has 1 aliphatic heterocycles. The lowest BCUT2D eigenvalue weighted by Gasteiger charge is -2.23. The lowest BCUT2D eigenvalue weighted by Crippen LogP contribution is -2.32. The summed E-state index contributed by atoms with van der Waals surface area (Å²) in [5.74, 6) is 0.797. The SMILES string of the molecule is N#Cc1ccnc(N2CCCC2CO)c1. The topological polar surface area (TPSA) is 60.2 Å². The number of aromatic nitrogens is 1. The van der Waals surface area contributed by atoms with Gasteiger partial charge in [-0.25, -0.2) is 4.98 Å². The third-order valence-corrected chi connectivity index (χ3v) is 2.76. The van der Waals surface area contributed by atoms with E-state index in [1.54, 1.807) is 18.3 Å². The summed E-state index contributed by atoms with van der Waals surface area (Å²) in [6.45, 7) is 1.06. The van der Waals surface area contributed by atoms with Crippen LogP contribution in [0.5, 0.6) is 0 Å². The predicted molar refractivity (Wildman–Crippen MR) is 56.4 cm³/mol. The molecule has 2 rings (SSSR count). The molecule has 0 amide bonds. The molecule has 0 bridgehead atoms. The zero-order chi connectivity index (χ0) is 10.7. The maximum atomic E-state index is 9.19. The van der Waals surface area contributed by atoms with E-state index < -0.39 is 0 Å². The predicted octanol–water partition coefficient (Wildman–Crippen LogP) is 0.914. The summed E-state index contributed by atoms with van der Waals surface area (Å²) in [5.41, 5.74) is 0.614. The highest BCUT2D eigenvalue weighted by atomic mass is 16.3. The van der Waals surface area contributed by atoms with E-state index in [1.807, 2.05) is 0 Å². The molecule has 78 valence electrons. The van der Waals surface area contributed by atoms with Crippen LogP contribution in [0.3, 0.4) is 0 Å². The van der Waals surface area contributed by atoms with Crippen molar-refractivity contribution < 1.29 is 5.11 Å². The van der Waals surface area contributed by atoms with Gasteiger partial charge in [0, 0.05) is 12.7 Å². The van der Waals surface area contributed by atoms with E-state index in [0.717, 1.165) is 25.2 Å². The molecule has 1 N–H and O–H groups in total. The van der Waals surface area contributed by atoms with Gasteiger partial charge in [0.15, 0.2) is 0 Å². The van der Waals surface area contributed by atoms with Crippen LogP contribution >= 0.6 is 0 Å². The van der Waals surface area contributed by atoms with Crippen molar-refractivity contribution in [3.05, 3.63) is 23.9 Å². The van der Waals surface area contributed by atoms with Gasteiger partial charge in [0.05, 0.1) is 24.3 Å². The van der Waals surface area contributed by atoms with Crippen molar-refractivity contribution in [3.8, 4) is 6.07 Å². The van der Waals surface area contributed by atoms with Gasteiger partial charge < -0.3 is 10.0 Å². The van der Waals surface area contributed by atoms with Gasteiger partial charge in [-0.05, 0) is 25.0 Å². The van der Waals surface area contributed by atoms with Gasteiger partial charge in [0.25, 0.3) is 0 Å². The Morgan fingerprint density at radius 3 is 3.27 bits per heavy atom. The minimum Gasteiger partial charge on any atom is -0.394 e. The number of rotatable bonds is 2. The molecule has 1 saturated heterocycles. The molecular weight excluding hydrogens is 190 g/mol. The van der Waals surface area contributed by atoms with Crippen LogP contribution in [0.25, 0.3) is 0 Å². The van der Waals surface area contributed by atoms with Crippen LogP contribution in [0.1, 0.15) is 18.4 Å². The van der Waals surface area contributed by atoms with E-state index >= 15 is 0 Å². The Kier molecular flexibility index (Phi) is 2.84. The summed E-state index contributed by atoms with van der Waals surface area (Å²) in [5, 5.41) is 18.0. The van der Waals surface area contributed by atoms with E-state index in [9.17, 15) is 5.11 Å². The molecule has 1 aliphatic rings. The Balaban J connectivity index is 2.25. The number of aliphatic hydroxyl groups is 1. The third kappa shape index (κ3) is 1.92. The smallest absolute Gasteiger partial charge is 0.130 e. The number of anilines is 1.